The molecule has 1 saturated heterocycles. The Kier molecular flexibility index (Phi) is 4.53. The molecule has 1 amide bonds. The first-order chi connectivity index (χ1) is 4.89. The number of carbonyl (C=O) groups is 1. The van der Waals surface area contributed by atoms with Crippen LogP contribution in [0.15, 0.2) is 0 Å². The van der Waals surface area contributed by atoms with Crippen LogP contribution in [0.4, 0.5) is 0 Å². The van der Waals surface area contributed by atoms with Gasteiger partial charge in [-0.15, -0.1) is 0 Å². The summed E-state index contributed by atoms with van der Waals surface area (Å²) in [5.41, 5.74) is 2.72. The van der Waals surface area contributed by atoms with Gasteiger partial charge in [0.05, 0.1) is 0 Å². The maximum Gasteiger partial charge on any atom is 0.220 e. The minimum Gasteiger partial charge on any atom is -0.356 e. The van der Waals surface area contributed by atoms with Gasteiger partial charge in [0.15, 0.2) is 0 Å². The molecule has 66 valence electrons. The fourth-order valence-corrected chi connectivity index (χ4v) is 0.565. The smallest absolute Gasteiger partial charge is 0.220 e. The van der Waals surface area contributed by atoms with Gasteiger partial charge in [-0.25, -0.2) is 0 Å². The Bertz CT molecular complexity index is 158. The average molecular weight is 223 g/mol. The van der Waals surface area contributed by atoms with Crippen LogP contribution >= 0.6 is 0 Å². The van der Waals surface area contributed by atoms with Crippen LogP contribution in [0.5, 0.6) is 0 Å². The summed E-state index contributed by atoms with van der Waals surface area (Å²) in [5, 5.41) is 2.68. The monoisotopic (exact) mass is 223 g/mol. The largest absolute Gasteiger partial charge is 0.356 e. The van der Waals surface area contributed by atoms with Crippen LogP contribution in [0.3, 0.4) is 0 Å². The fraction of sp³-hybridized carbons (Fsp3) is 0.833. The summed E-state index contributed by atoms with van der Waals surface area (Å²) < 4.78 is 18.0. The van der Waals surface area contributed by atoms with E-state index in [0.29, 0.717) is 0 Å². The third kappa shape index (κ3) is 12.9. The molecular weight excluding hydrogens is 209 g/mol. The van der Waals surface area contributed by atoms with Crippen molar-refractivity contribution >= 4 is 19.7 Å². The van der Waals surface area contributed by atoms with Gasteiger partial charge in [-0.3, -0.25) is 4.79 Å². The Morgan fingerprint density at radius 2 is 2.00 bits per heavy atom. The molecule has 1 aliphatic heterocycles. The van der Waals surface area contributed by atoms with Gasteiger partial charge in [0.2, 0.25) is 5.91 Å². The average Bonchev–Trinajstić information content (AvgIpc) is 2.12. The van der Waals surface area contributed by atoms with Crippen LogP contribution in [-0.4, -0.2) is 30.4 Å². The van der Waals surface area contributed by atoms with Gasteiger partial charge in [-0.05, 0) is 6.42 Å². The molecule has 0 aromatic heterocycles. The predicted octanol–water partition coefficient (Wildman–Crippen LogP) is 0.00740. The van der Waals surface area contributed by atoms with E-state index in [2.05, 4.69) is 5.32 Å². The van der Waals surface area contributed by atoms with Crippen LogP contribution in [-0.2, 0) is 8.53 Å². The first-order valence-corrected chi connectivity index (χ1v) is 8.80. The summed E-state index contributed by atoms with van der Waals surface area (Å²) in [4.78, 5) is 10.1. The molecule has 0 aromatic rings. The molecule has 0 saturated carbocycles. The molecule has 11 heavy (non-hydrogen) atoms. The topological polar surface area (TPSA) is 66.4 Å². The zero-order valence-corrected chi connectivity index (χ0v) is 8.71. The summed E-state index contributed by atoms with van der Waals surface area (Å²) in [6.45, 7) is 0.888. The molecule has 0 atom stereocenters. The van der Waals surface area contributed by atoms with Gasteiger partial charge in [-0.1, -0.05) is 0 Å². The van der Waals surface area contributed by atoms with Gasteiger partial charge < -0.3 is 5.32 Å². The Morgan fingerprint density at radius 3 is 2.09 bits per heavy atom. The maximum absolute atomic E-state index is 10.1. The molecule has 0 spiro atoms. The zero-order chi connectivity index (χ0) is 8.91. The number of nitrogens with one attached hydrogen (secondary N) is 1. The van der Waals surface area contributed by atoms with Crippen LogP contribution in [0.1, 0.15) is 12.8 Å². The molecule has 0 bridgehead atoms. The molecule has 1 heterocycles. The number of hydrogen-bond acceptors (Lipinski definition) is 2. The second-order valence-corrected chi connectivity index (χ2v) is 8.18. The van der Waals surface area contributed by atoms with Crippen molar-refractivity contribution in [2.75, 3.05) is 6.54 Å². The van der Waals surface area contributed by atoms with E-state index in [4.69, 9.17) is 4.10 Å². The minimum absolute atomic E-state index is 0.204. The summed E-state index contributed by atoms with van der Waals surface area (Å²) in [5.74, 6) is 0.204. The van der Waals surface area contributed by atoms with Gasteiger partial charge in [0.25, 0.3) is 0 Å². The van der Waals surface area contributed by atoms with E-state index in [1.165, 1.54) is 11.4 Å². The maximum atomic E-state index is 10.1. The zero-order valence-electron chi connectivity index (χ0n) is 6.83. The Labute approximate surface area is 69.0 Å². The Balaban J connectivity index is 0.000000187. The van der Waals surface area contributed by atoms with Crippen LogP contribution in [0.25, 0.3) is 0 Å². The first-order valence-electron chi connectivity index (χ1n) is 3.44. The second kappa shape index (κ2) is 4.62. The third-order valence-electron chi connectivity index (χ3n) is 0.903. The predicted molar refractivity (Wildman–Crippen MR) is 42.6 cm³/mol. The minimum atomic E-state index is -3.12. The summed E-state index contributed by atoms with van der Waals surface area (Å²) in [6, 6.07) is 0. The number of amides is 1. The molecule has 0 radical (unpaired) electrons. The Morgan fingerprint density at radius 1 is 1.55 bits per heavy atom. The van der Waals surface area contributed by atoms with Gasteiger partial charge in [0.1, 0.15) is 0 Å². The van der Waals surface area contributed by atoms with Crippen molar-refractivity contribution in [3.63, 3.8) is 0 Å². The van der Waals surface area contributed by atoms with E-state index >= 15 is 0 Å². The summed E-state index contributed by atoms with van der Waals surface area (Å²) >= 11 is -3.12. The third-order valence-corrected chi connectivity index (χ3v) is 0.903. The van der Waals surface area contributed by atoms with Crippen molar-refractivity contribution in [2.45, 2.75) is 24.3 Å². The normalized spacial score (nSPS) is 16.8. The van der Waals surface area contributed by atoms with Crippen LogP contribution in [0.2, 0.25) is 11.4 Å². The van der Waals surface area contributed by atoms with E-state index in [-0.39, 0.29) is 5.91 Å². The van der Waals surface area contributed by atoms with Crippen LogP contribution in [0, 0.1) is 0 Å². The van der Waals surface area contributed by atoms with Crippen molar-refractivity contribution in [3.05, 3.63) is 0 Å². The number of rotatable bonds is 0. The van der Waals surface area contributed by atoms with Crippen molar-refractivity contribution in [1.82, 2.24) is 5.32 Å². The molecule has 0 unspecified atom stereocenters. The first kappa shape index (κ1) is 10.8. The molecule has 2 N–H and O–H groups in total. The quantitative estimate of drug-likeness (QED) is 0.568. The van der Waals surface area contributed by atoms with Crippen molar-refractivity contribution in [2.24, 2.45) is 0 Å². The molecule has 4 nitrogen and oxygen atoms in total. The van der Waals surface area contributed by atoms with Crippen LogP contribution < -0.4 is 5.32 Å². The standard InChI is InChI=1S/C4H7NO.C2H7AsO2/c6-4-2-1-3-5-4;1-3(2,4)5/h1-3H2,(H,5,6);1-2H3,(H,4,5). The SMILES string of the molecule is C[As](C)(=O)O.O=C1CCCN1. The van der Waals surface area contributed by atoms with E-state index in [0.717, 1.165) is 19.4 Å². The van der Waals surface area contributed by atoms with E-state index < -0.39 is 13.8 Å². The molecule has 1 aliphatic rings. The molecule has 0 aliphatic carbocycles. The summed E-state index contributed by atoms with van der Waals surface area (Å²) in [6.07, 6.45) is 1.76. The van der Waals surface area contributed by atoms with E-state index in [1.807, 2.05) is 0 Å². The van der Waals surface area contributed by atoms with Crippen molar-refractivity contribution in [1.29, 1.82) is 0 Å². The van der Waals surface area contributed by atoms with Gasteiger partial charge in [0, 0.05) is 13.0 Å². The second-order valence-electron chi connectivity index (χ2n) is 2.75. The van der Waals surface area contributed by atoms with Crippen molar-refractivity contribution in [3.8, 4) is 0 Å². The molecule has 1 rings (SSSR count). The fourth-order valence-electron chi connectivity index (χ4n) is 0.565. The van der Waals surface area contributed by atoms with Gasteiger partial charge >= 0.3 is 33.1 Å². The number of carbonyl (C=O) groups excluding carboxylic acids is 1. The van der Waals surface area contributed by atoms with Crippen molar-refractivity contribution < 1.29 is 12.6 Å². The Hall–Kier alpha value is -0.212. The number of hydrogen-bond donors (Lipinski definition) is 2. The summed E-state index contributed by atoms with van der Waals surface area (Å²) in [7, 11) is 0. The van der Waals surface area contributed by atoms with E-state index in [9.17, 15) is 8.53 Å². The molecule has 5 heteroatoms. The van der Waals surface area contributed by atoms with E-state index in [1.54, 1.807) is 0 Å². The van der Waals surface area contributed by atoms with Gasteiger partial charge in [-0.2, -0.15) is 0 Å². The molecule has 0 aromatic carbocycles. The molecule has 1 fully saturated rings. The molecular formula is C6H14AsNO3.